The van der Waals surface area contributed by atoms with Gasteiger partial charge in [0.15, 0.2) is 0 Å². The lowest BCUT2D eigenvalue weighted by Gasteiger charge is -2.08. The average molecular weight is 617 g/mol. The first kappa shape index (κ1) is 31.7. The van der Waals surface area contributed by atoms with Crippen LogP contribution in [-0.2, 0) is 0 Å². The molecule has 6 rings (SSSR count). The lowest BCUT2D eigenvalue weighted by atomic mass is 10.0. The molecular formula is C46H36N2. The highest BCUT2D eigenvalue weighted by Crippen LogP contribution is 2.21. The molecule has 6 aromatic rings. The van der Waals surface area contributed by atoms with Gasteiger partial charge in [-0.3, -0.25) is 0 Å². The lowest BCUT2D eigenvalue weighted by Crippen LogP contribution is -2.02. The Morgan fingerprint density at radius 3 is 1.04 bits per heavy atom. The molecule has 2 nitrogen and oxygen atoms in total. The van der Waals surface area contributed by atoms with Gasteiger partial charge in [-0.1, -0.05) is 157 Å². The minimum atomic E-state index is 0.834. The summed E-state index contributed by atoms with van der Waals surface area (Å²) >= 11 is 0. The van der Waals surface area contributed by atoms with E-state index in [9.17, 15) is 0 Å². The van der Waals surface area contributed by atoms with E-state index in [1.807, 2.05) is 109 Å². The molecule has 0 bridgehead atoms. The summed E-state index contributed by atoms with van der Waals surface area (Å²) < 4.78 is 0. The number of hydrogen-bond acceptors (Lipinski definition) is 2. The van der Waals surface area contributed by atoms with Crippen LogP contribution in [0.5, 0.6) is 0 Å². The summed E-state index contributed by atoms with van der Waals surface area (Å²) in [4.78, 5) is 10.1. The fourth-order valence-electron chi connectivity index (χ4n) is 5.30. The van der Waals surface area contributed by atoms with Gasteiger partial charge in [0.1, 0.15) is 0 Å². The number of hydrogen-bond donors (Lipinski definition) is 0. The van der Waals surface area contributed by atoms with Gasteiger partial charge in [-0.15, -0.1) is 0 Å². The van der Waals surface area contributed by atoms with Crippen LogP contribution in [0.2, 0.25) is 0 Å². The maximum absolute atomic E-state index is 5.04. The van der Waals surface area contributed by atoms with Gasteiger partial charge < -0.3 is 0 Å². The predicted molar refractivity (Wildman–Crippen MR) is 201 cm³/mol. The molecular weight excluding hydrogens is 581 g/mol. The van der Waals surface area contributed by atoms with Crippen LogP contribution >= 0.6 is 0 Å². The molecule has 230 valence electrons. The zero-order chi connectivity index (χ0) is 32.6. The molecule has 0 atom stereocenters. The van der Waals surface area contributed by atoms with Gasteiger partial charge in [-0.25, -0.2) is 9.98 Å². The number of unbranched alkanes of at least 4 members (excludes halogenated alkanes) is 3. The van der Waals surface area contributed by atoms with Crippen molar-refractivity contribution < 1.29 is 0 Å². The normalized spacial score (nSPS) is 10.1. The molecule has 0 saturated carbocycles. The minimum Gasteiger partial charge on any atom is -0.248 e. The van der Waals surface area contributed by atoms with E-state index in [0.717, 1.165) is 81.9 Å². The number of benzene rings is 6. The van der Waals surface area contributed by atoms with Crippen molar-refractivity contribution in [2.75, 3.05) is 0 Å². The SMILES string of the molecule is C(#Cc1cccc(N=C(c2ccccc2)c2ccccc2)c1)CCCCC#Cc1cccc(N=C(c2ccccc2)c2ccccc2)c1. The van der Waals surface area contributed by atoms with Crippen LogP contribution in [0.15, 0.2) is 180 Å². The van der Waals surface area contributed by atoms with Crippen molar-refractivity contribution in [3.63, 3.8) is 0 Å². The van der Waals surface area contributed by atoms with Crippen molar-refractivity contribution in [1.82, 2.24) is 0 Å². The summed E-state index contributed by atoms with van der Waals surface area (Å²) in [6.07, 6.45) is 3.68. The highest BCUT2D eigenvalue weighted by molar-refractivity contribution is 6.14. The van der Waals surface area contributed by atoms with Crippen molar-refractivity contribution in [2.45, 2.75) is 25.7 Å². The Labute approximate surface area is 284 Å². The van der Waals surface area contributed by atoms with Gasteiger partial charge in [0.2, 0.25) is 0 Å². The Hall–Kier alpha value is -6.22. The van der Waals surface area contributed by atoms with Gasteiger partial charge >= 0.3 is 0 Å². The second-order valence-corrected chi connectivity index (χ2v) is 11.3. The van der Waals surface area contributed by atoms with Crippen LogP contribution < -0.4 is 0 Å². The van der Waals surface area contributed by atoms with Gasteiger partial charge in [0, 0.05) is 46.2 Å². The number of aliphatic imine (C=N–C) groups is 2. The minimum absolute atomic E-state index is 0.834. The van der Waals surface area contributed by atoms with E-state index in [1.165, 1.54) is 0 Å². The molecule has 0 aliphatic carbocycles. The third-order valence-electron chi connectivity index (χ3n) is 7.68. The molecule has 0 heterocycles. The largest absolute Gasteiger partial charge is 0.248 e. The maximum atomic E-state index is 5.04. The van der Waals surface area contributed by atoms with E-state index in [4.69, 9.17) is 9.98 Å². The third-order valence-corrected chi connectivity index (χ3v) is 7.68. The molecule has 0 aliphatic heterocycles. The van der Waals surface area contributed by atoms with E-state index >= 15 is 0 Å². The van der Waals surface area contributed by atoms with Crippen LogP contribution in [0, 0.1) is 23.7 Å². The average Bonchev–Trinajstić information content (AvgIpc) is 3.16. The Morgan fingerprint density at radius 1 is 0.375 bits per heavy atom. The van der Waals surface area contributed by atoms with E-state index in [0.29, 0.717) is 0 Å². The van der Waals surface area contributed by atoms with Crippen LogP contribution in [0.1, 0.15) is 59.1 Å². The molecule has 0 spiro atoms. The monoisotopic (exact) mass is 616 g/mol. The first-order chi connectivity index (χ1) is 23.8. The zero-order valence-corrected chi connectivity index (χ0v) is 26.9. The molecule has 0 unspecified atom stereocenters. The summed E-state index contributed by atoms with van der Waals surface area (Å²) in [5, 5.41) is 0. The van der Waals surface area contributed by atoms with E-state index < -0.39 is 0 Å². The maximum Gasteiger partial charge on any atom is 0.0781 e. The second kappa shape index (κ2) is 16.9. The van der Waals surface area contributed by atoms with E-state index in [1.54, 1.807) is 0 Å². The van der Waals surface area contributed by atoms with E-state index in [-0.39, 0.29) is 0 Å². The molecule has 0 aromatic heterocycles. The first-order valence-electron chi connectivity index (χ1n) is 16.4. The second-order valence-electron chi connectivity index (χ2n) is 11.3. The zero-order valence-electron chi connectivity index (χ0n) is 26.9. The van der Waals surface area contributed by atoms with Crippen LogP contribution in [0.3, 0.4) is 0 Å². The molecule has 6 aromatic carbocycles. The molecule has 0 saturated heterocycles. The molecule has 2 heteroatoms. The molecule has 0 radical (unpaired) electrons. The molecule has 0 fully saturated rings. The Bertz CT molecular complexity index is 1870. The molecule has 0 N–H and O–H groups in total. The highest BCUT2D eigenvalue weighted by Gasteiger charge is 2.08. The third kappa shape index (κ3) is 9.17. The molecule has 0 amide bonds. The van der Waals surface area contributed by atoms with Gasteiger partial charge in [-0.05, 0) is 49.2 Å². The summed E-state index contributed by atoms with van der Waals surface area (Å²) in [5.74, 6) is 13.4. The Kier molecular flexibility index (Phi) is 11.2. The fraction of sp³-hybridized carbons (Fsp3) is 0.0870. The lowest BCUT2D eigenvalue weighted by molar-refractivity contribution is 0.782. The van der Waals surface area contributed by atoms with Gasteiger partial charge in [0.25, 0.3) is 0 Å². The fourth-order valence-corrected chi connectivity index (χ4v) is 5.30. The van der Waals surface area contributed by atoms with Crippen LogP contribution in [0.25, 0.3) is 0 Å². The highest BCUT2D eigenvalue weighted by atomic mass is 14.8. The van der Waals surface area contributed by atoms with Gasteiger partial charge in [0.05, 0.1) is 22.8 Å². The van der Waals surface area contributed by atoms with Crippen molar-refractivity contribution in [3.05, 3.63) is 203 Å². The van der Waals surface area contributed by atoms with Crippen molar-refractivity contribution in [3.8, 4) is 23.7 Å². The van der Waals surface area contributed by atoms with Gasteiger partial charge in [-0.2, -0.15) is 0 Å². The Balaban J connectivity index is 1.05. The van der Waals surface area contributed by atoms with Crippen LogP contribution in [-0.4, -0.2) is 11.4 Å². The first-order valence-corrected chi connectivity index (χ1v) is 16.4. The predicted octanol–water partition coefficient (Wildman–Crippen LogP) is 11.0. The standard InChI is InChI=1S/C46H36N2/c1(3-9-21-37-23-19-33-43(35-37)47-45(39-25-11-5-12-26-39)40-27-13-6-14-28-40)2-4-10-22-38-24-20-34-44(36-38)48-46(41-29-15-7-16-30-41)42-31-17-8-18-32-42/h5-8,11-20,23-36H,1-4H2. The topological polar surface area (TPSA) is 24.7 Å². The summed E-state index contributed by atoms with van der Waals surface area (Å²) in [5.41, 5.74) is 9.99. The van der Waals surface area contributed by atoms with Crippen LogP contribution in [0.4, 0.5) is 11.4 Å². The van der Waals surface area contributed by atoms with Crippen molar-refractivity contribution in [2.24, 2.45) is 9.98 Å². The molecule has 0 aliphatic rings. The number of rotatable bonds is 9. The summed E-state index contributed by atoms with van der Waals surface area (Å²) in [7, 11) is 0. The molecule has 48 heavy (non-hydrogen) atoms. The number of nitrogens with zero attached hydrogens (tertiary/aromatic N) is 2. The summed E-state index contributed by atoms with van der Waals surface area (Å²) in [6, 6.07) is 57.6. The Morgan fingerprint density at radius 2 is 0.708 bits per heavy atom. The smallest absolute Gasteiger partial charge is 0.0781 e. The van der Waals surface area contributed by atoms with Crippen molar-refractivity contribution in [1.29, 1.82) is 0 Å². The quantitative estimate of drug-likeness (QED) is 0.0877. The summed E-state index contributed by atoms with van der Waals surface area (Å²) in [6.45, 7) is 0. The van der Waals surface area contributed by atoms with E-state index in [2.05, 4.69) is 84.3 Å². The van der Waals surface area contributed by atoms with Crippen molar-refractivity contribution >= 4 is 22.8 Å².